The molecule has 0 saturated heterocycles. The molecule has 176 valence electrons. The quantitative estimate of drug-likeness (QED) is 0.441. The van der Waals surface area contributed by atoms with Crippen LogP contribution in [0.25, 0.3) is 0 Å². The number of rotatable bonds is 9. The van der Waals surface area contributed by atoms with Crippen molar-refractivity contribution in [1.29, 1.82) is 0 Å². The van der Waals surface area contributed by atoms with Crippen LogP contribution in [0.3, 0.4) is 0 Å². The smallest absolute Gasteiger partial charge is 0.339 e. The molecule has 0 aromatic heterocycles. The van der Waals surface area contributed by atoms with Gasteiger partial charge in [0.15, 0.2) is 23.9 Å². The Morgan fingerprint density at radius 3 is 2.52 bits per heavy atom. The summed E-state index contributed by atoms with van der Waals surface area (Å²) in [6.07, 6.45) is 0.664. The van der Waals surface area contributed by atoms with E-state index in [1.54, 1.807) is 45.0 Å². The molecule has 1 amide bonds. The van der Waals surface area contributed by atoms with Gasteiger partial charge in [-0.3, -0.25) is 9.59 Å². The summed E-state index contributed by atoms with van der Waals surface area (Å²) in [5.41, 5.74) is 0.811. The lowest BCUT2D eigenvalue weighted by atomic mass is 9.91. The molecule has 0 fully saturated rings. The summed E-state index contributed by atoms with van der Waals surface area (Å²) in [7, 11) is 0. The van der Waals surface area contributed by atoms with Crippen LogP contribution >= 0.6 is 11.8 Å². The van der Waals surface area contributed by atoms with Gasteiger partial charge in [-0.15, -0.1) is 11.8 Å². The molecule has 2 aromatic rings. The summed E-state index contributed by atoms with van der Waals surface area (Å²) < 4.78 is 16.3. The van der Waals surface area contributed by atoms with Gasteiger partial charge in [0.1, 0.15) is 13.2 Å². The maximum absolute atomic E-state index is 12.5. The zero-order chi connectivity index (χ0) is 23.8. The Hall–Kier alpha value is -3.00. The van der Waals surface area contributed by atoms with Gasteiger partial charge < -0.3 is 19.5 Å². The second kappa shape index (κ2) is 11.2. The molecule has 2 aromatic carbocycles. The average molecular weight is 472 g/mol. The molecule has 0 saturated carbocycles. The molecule has 0 radical (unpaired) electrons. The molecular formula is C25H29NO6S. The lowest BCUT2D eigenvalue weighted by molar-refractivity contribution is -0.129. The summed E-state index contributed by atoms with van der Waals surface area (Å²) in [5, 5.41) is 2.89. The number of esters is 1. The normalized spacial score (nSPS) is 12.7. The molecule has 3 rings (SSSR count). The zero-order valence-electron chi connectivity index (χ0n) is 19.1. The van der Waals surface area contributed by atoms with Crippen molar-refractivity contribution in [3.8, 4) is 11.5 Å². The fraction of sp³-hybridized carbons (Fsp3) is 0.400. The number of carbonyl (C=O) groups is 3. The summed E-state index contributed by atoms with van der Waals surface area (Å²) in [4.78, 5) is 37.4. The maximum atomic E-state index is 12.5. The monoisotopic (exact) mass is 471 g/mol. The molecule has 0 unspecified atom stereocenters. The molecule has 8 heteroatoms. The predicted octanol–water partition coefficient (Wildman–Crippen LogP) is 3.68. The van der Waals surface area contributed by atoms with E-state index in [1.165, 1.54) is 11.8 Å². The Bertz CT molecular complexity index is 1010. The van der Waals surface area contributed by atoms with Gasteiger partial charge in [-0.1, -0.05) is 39.0 Å². The number of benzene rings is 2. The Balaban J connectivity index is 1.46. The Morgan fingerprint density at radius 2 is 1.76 bits per heavy atom. The van der Waals surface area contributed by atoms with Crippen LogP contribution < -0.4 is 14.8 Å². The minimum atomic E-state index is -0.577. The number of hydrogen-bond donors (Lipinski definition) is 1. The number of ether oxygens (including phenoxy) is 3. The number of nitrogens with one attached hydrogen (secondary N) is 1. The average Bonchev–Trinajstić information content (AvgIpc) is 2.80. The first-order chi connectivity index (χ1) is 15.7. The van der Waals surface area contributed by atoms with Crippen LogP contribution in [0.2, 0.25) is 0 Å². The van der Waals surface area contributed by atoms with E-state index in [0.29, 0.717) is 36.6 Å². The number of Topliss-reactive ketones (excluding diaryl/α,β-unsaturated/α-hetero) is 1. The first-order valence-electron chi connectivity index (χ1n) is 10.8. The van der Waals surface area contributed by atoms with Crippen LogP contribution in [0.15, 0.2) is 47.4 Å². The molecule has 1 heterocycles. The Kier molecular flexibility index (Phi) is 8.38. The molecule has 7 nitrogen and oxygen atoms in total. The van der Waals surface area contributed by atoms with Crippen LogP contribution in [-0.4, -0.2) is 49.8 Å². The second-order valence-electron chi connectivity index (χ2n) is 8.61. The van der Waals surface area contributed by atoms with Crippen LogP contribution in [0.1, 0.15) is 36.7 Å². The van der Waals surface area contributed by atoms with Gasteiger partial charge in [-0.2, -0.15) is 0 Å². The molecular weight excluding hydrogens is 442 g/mol. The minimum absolute atomic E-state index is 0.136. The third kappa shape index (κ3) is 7.25. The molecule has 1 aliphatic heterocycles. The van der Waals surface area contributed by atoms with Gasteiger partial charge in [-0.05, 0) is 36.2 Å². The summed E-state index contributed by atoms with van der Waals surface area (Å²) in [5.74, 6) is 0.766. The van der Waals surface area contributed by atoms with Crippen LogP contribution in [0, 0.1) is 5.41 Å². The first-order valence-corrected chi connectivity index (χ1v) is 11.8. The second-order valence-corrected chi connectivity index (χ2v) is 9.63. The number of thioether (sulfide) groups is 1. The molecule has 0 spiro atoms. The van der Waals surface area contributed by atoms with Crippen molar-refractivity contribution in [2.24, 2.45) is 5.41 Å². The number of fused-ring (bicyclic) bond motifs is 1. The van der Waals surface area contributed by atoms with E-state index < -0.39 is 11.4 Å². The minimum Gasteiger partial charge on any atom is -0.486 e. The van der Waals surface area contributed by atoms with E-state index in [4.69, 9.17) is 14.2 Å². The van der Waals surface area contributed by atoms with Crippen LogP contribution in [-0.2, 0) is 20.7 Å². The maximum Gasteiger partial charge on any atom is 0.339 e. The van der Waals surface area contributed by atoms with Gasteiger partial charge in [0.25, 0.3) is 0 Å². The number of amides is 1. The lowest BCUT2D eigenvalue weighted by Crippen LogP contribution is -2.27. The Morgan fingerprint density at radius 1 is 1.03 bits per heavy atom. The van der Waals surface area contributed by atoms with E-state index in [2.05, 4.69) is 5.32 Å². The van der Waals surface area contributed by atoms with E-state index in [9.17, 15) is 14.4 Å². The van der Waals surface area contributed by atoms with Gasteiger partial charge in [0, 0.05) is 16.9 Å². The first kappa shape index (κ1) is 24.6. The summed E-state index contributed by atoms with van der Waals surface area (Å²) in [6, 6.07) is 12.7. The van der Waals surface area contributed by atoms with Crippen molar-refractivity contribution in [2.75, 3.05) is 32.1 Å². The molecule has 0 atom stereocenters. The number of hydrogen-bond acceptors (Lipinski definition) is 7. The highest BCUT2D eigenvalue weighted by molar-refractivity contribution is 8.00. The fourth-order valence-corrected chi connectivity index (χ4v) is 3.84. The molecule has 33 heavy (non-hydrogen) atoms. The third-order valence-corrected chi connectivity index (χ3v) is 6.05. The van der Waals surface area contributed by atoms with E-state index in [1.807, 2.05) is 18.2 Å². The van der Waals surface area contributed by atoms with Crippen molar-refractivity contribution >= 4 is 29.4 Å². The van der Waals surface area contributed by atoms with Crippen molar-refractivity contribution in [3.63, 3.8) is 0 Å². The van der Waals surface area contributed by atoms with Crippen LogP contribution in [0.5, 0.6) is 11.5 Å². The largest absolute Gasteiger partial charge is 0.486 e. The zero-order valence-corrected chi connectivity index (χ0v) is 20.0. The highest BCUT2D eigenvalue weighted by Gasteiger charge is 2.23. The summed E-state index contributed by atoms with van der Waals surface area (Å²) >= 11 is 1.25. The van der Waals surface area contributed by atoms with Crippen LogP contribution in [0.4, 0.5) is 0 Å². The van der Waals surface area contributed by atoms with Crippen molar-refractivity contribution in [1.82, 2.24) is 5.32 Å². The topological polar surface area (TPSA) is 90.9 Å². The highest BCUT2D eigenvalue weighted by atomic mass is 32.2. The highest BCUT2D eigenvalue weighted by Crippen LogP contribution is 2.30. The fourth-order valence-electron chi connectivity index (χ4n) is 2.97. The molecule has 1 aliphatic rings. The van der Waals surface area contributed by atoms with Gasteiger partial charge in [-0.25, -0.2) is 4.79 Å². The van der Waals surface area contributed by atoms with Gasteiger partial charge >= 0.3 is 5.97 Å². The number of carbonyl (C=O) groups excluding carboxylic acids is 3. The van der Waals surface area contributed by atoms with E-state index >= 15 is 0 Å². The number of ketones is 1. The van der Waals surface area contributed by atoms with Crippen molar-refractivity contribution in [3.05, 3.63) is 53.6 Å². The van der Waals surface area contributed by atoms with Crippen molar-refractivity contribution < 1.29 is 28.6 Å². The summed E-state index contributed by atoms with van der Waals surface area (Å²) in [6.45, 7) is 6.62. The van der Waals surface area contributed by atoms with Gasteiger partial charge in [0.2, 0.25) is 5.91 Å². The predicted molar refractivity (Wildman–Crippen MR) is 126 cm³/mol. The Labute approximate surface area is 198 Å². The van der Waals surface area contributed by atoms with E-state index in [-0.39, 0.29) is 24.1 Å². The van der Waals surface area contributed by atoms with E-state index in [0.717, 1.165) is 17.1 Å². The lowest BCUT2D eigenvalue weighted by Gasteiger charge is -2.18. The SMILES string of the molecule is CC(C)(C)C(=O)COC(=O)c1ccccc1SCC(=O)NCCc1ccc2c(c1)OCCO2. The molecule has 0 bridgehead atoms. The standard InChI is InChI=1S/C25H29NO6S/c1-25(2,3)22(27)15-32-24(29)18-6-4-5-7-21(18)33-16-23(28)26-11-10-17-8-9-19-20(14-17)31-13-12-30-19/h4-9,14H,10-13,15-16H2,1-3H3,(H,26,28). The molecule has 1 N–H and O–H groups in total. The molecule has 0 aliphatic carbocycles. The van der Waals surface area contributed by atoms with Crippen molar-refractivity contribution in [2.45, 2.75) is 32.1 Å². The van der Waals surface area contributed by atoms with Gasteiger partial charge in [0.05, 0.1) is 11.3 Å². The third-order valence-electron chi connectivity index (χ3n) is 4.98.